The first-order valence-electron chi connectivity index (χ1n) is 7.96. The average Bonchev–Trinajstić information content (AvgIpc) is 2.62. The standard InChI is InChI=1S/C17H19FN4O2/c18-14-12-20-17(24)22(16(14)23)9-3-8-21-10-5-13(6-11-21)15-4-1-2-7-19-15/h1-2,4-5,7,12H,3,6,8-11H2,(H,20,24). The van der Waals surface area contributed by atoms with Gasteiger partial charge in [-0.25, -0.2) is 4.79 Å². The fourth-order valence-corrected chi connectivity index (χ4v) is 2.84. The summed E-state index contributed by atoms with van der Waals surface area (Å²) in [5.74, 6) is -0.935. The van der Waals surface area contributed by atoms with Gasteiger partial charge in [0.1, 0.15) is 0 Å². The van der Waals surface area contributed by atoms with Crippen LogP contribution in [-0.4, -0.2) is 39.1 Å². The Morgan fingerprint density at radius 2 is 2.12 bits per heavy atom. The number of H-pyrrole nitrogens is 1. The summed E-state index contributed by atoms with van der Waals surface area (Å²) in [6, 6.07) is 5.88. The van der Waals surface area contributed by atoms with Crippen LogP contribution in [0, 0.1) is 5.82 Å². The largest absolute Gasteiger partial charge is 0.328 e. The van der Waals surface area contributed by atoms with Crippen molar-refractivity contribution in [1.29, 1.82) is 0 Å². The fourth-order valence-electron chi connectivity index (χ4n) is 2.84. The van der Waals surface area contributed by atoms with Gasteiger partial charge in [-0.3, -0.25) is 19.2 Å². The molecule has 0 fully saturated rings. The second-order valence-electron chi connectivity index (χ2n) is 5.75. The molecule has 0 atom stereocenters. The summed E-state index contributed by atoms with van der Waals surface area (Å²) in [5, 5.41) is 0. The van der Waals surface area contributed by atoms with E-state index < -0.39 is 17.1 Å². The highest BCUT2D eigenvalue weighted by Gasteiger charge is 2.14. The lowest BCUT2D eigenvalue weighted by Gasteiger charge is -2.26. The van der Waals surface area contributed by atoms with Crippen LogP contribution in [0.4, 0.5) is 4.39 Å². The van der Waals surface area contributed by atoms with Crippen LogP contribution in [0.25, 0.3) is 5.57 Å². The lowest BCUT2D eigenvalue weighted by atomic mass is 10.0. The molecule has 3 heterocycles. The van der Waals surface area contributed by atoms with E-state index in [4.69, 9.17) is 0 Å². The first-order valence-corrected chi connectivity index (χ1v) is 7.96. The predicted molar refractivity (Wildman–Crippen MR) is 89.2 cm³/mol. The number of nitrogens with zero attached hydrogens (tertiary/aromatic N) is 3. The molecule has 0 saturated heterocycles. The van der Waals surface area contributed by atoms with Crippen LogP contribution in [-0.2, 0) is 6.54 Å². The van der Waals surface area contributed by atoms with Gasteiger partial charge in [0, 0.05) is 38.6 Å². The van der Waals surface area contributed by atoms with Gasteiger partial charge in [-0.2, -0.15) is 4.39 Å². The summed E-state index contributed by atoms with van der Waals surface area (Å²) in [7, 11) is 0. The molecule has 1 aliphatic rings. The number of halogens is 1. The zero-order valence-electron chi connectivity index (χ0n) is 13.2. The predicted octanol–water partition coefficient (Wildman–Crippen LogP) is 1.25. The topological polar surface area (TPSA) is 71.0 Å². The van der Waals surface area contributed by atoms with Crippen molar-refractivity contribution in [3.8, 4) is 0 Å². The molecule has 2 aromatic heterocycles. The first-order chi connectivity index (χ1) is 11.6. The minimum absolute atomic E-state index is 0.208. The quantitative estimate of drug-likeness (QED) is 0.896. The van der Waals surface area contributed by atoms with E-state index in [2.05, 4.69) is 20.9 Å². The van der Waals surface area contributed by atoms with Crippen LogP contribution >= 0.6 is 0 Å². The Bertz CT molecular complexity index is 842. The van der Waals surface area contributed by atoms with Crippen molar-refractivity contribution in [2.75, 3.05) is 19.6 Å². The third kappa shape index (κ3) is 3.68. The zero-order valence-corrected chi connectivity index (χ0v) is 13.2. The summed E-state index contributed by atoms with van der Waals surface area (Å²) in [6.07, 6.45) is 6.27. The minimum Gasteiger partial charge on any atom is -0.311 e. The Morgan fingerprint density at radius 1 is 1.25 bits per heavy atom. The lowest BCUT2D eigenvalue weighted by molar-refractivity contribution is 0.289. The highest BCUT2D eigenvalue weighted by Crippen LogP contribution is 2.20. The number of hydrogen-bond acceptors (Lipinski definition) is 4. The second-order valence-corrected chi connectivity index (χ2v) is 5.75. The Hall–Kier alpha value is -2.54. The van der Waals surface area contributed by atoms with E-state index in [0.717, 1.165) is 42.5 Å². The molecule has 0 aromatic carbocycles. The monoisotopic (exact) mass is 330 g/mol. The van der Waals surface area contributed by atoms with Gasteiger partial charge in [0.05, 0.1) is 5.69 Å². The number of pyridine rings is 1. The summed E-state index contributed by atoms with van der Waals surface area (Å²) >= 11 is 0. The average molecular weight is 330 g/mol. The van der Waals surface area contributed by atoms with E-state index in [1.54, 1.807) is 6.20 Å². The van der Waals surface area contributed by atoms with E-state index in [-0.39, 0.29) is 6.54 Å². The molecule has 126 valence electrons. The van der Waals surface area contributed by atoms with Gasteiger partial charge in [0.25, 0.3) is 5.56 Å². The minimum atomic E-state index is -0.935. The molecule has 24 heavy (non-hydrogen) atoms. The summed E-state index contributed by atoms with van der Waals surface area (Å²) in [6.45, 7) is 2.66. The van der Waals surface area contributed by atoms with E-state index in [9.17, 15) is 14.0 Å². The molecular weight excluding hydrogens is 311 g/mol. The maximum absolute atomic E-state index is 13.2. The molecule has 0 spiro atoms. The van der Waals surface area contributed by atoms with Gasteiger partial charge in [0.2, 0.25) is 5.82 Å². The number of aromatic nitrogens is 3. The maximum atomic E-state index is 13.2. The fraction of sp³-hybridized carbons (Fsp3) is 0.353. The van der Waals surface area contributed by atoms with Crippen LogP contribution in [0.3, 0.4) is 0 Å². The van der Waals surface area contributed by atoms with Gasteiger partial charge < -0.3 is 4.98 Å². The highest BCUT2D eigenvalue weighted by molar-refractivity contribution is 5.63. The Balaban J connectivity index is 1.55. The zero-order chi connectivity index (χ0) is 16.9. The van der Waals surface area contributed by atoms with Gasteiger partial charge >= 0.3 is 5.69 Å². The molecule has 1 N–H and O–H groups in total. The third-order valence-corrected chi connectivity index (χ3v) is 4.16. The van der Waals surface area contributed by atoms with Crippen molar-refractivity contribution in [1.82, 2.24) is 19.4 Å². The van der Waals surface area contributed by atoms with E-state index in [1.165, 1.54) is 5.57 Å². The lowest BCUT2D eigenvalue weighted by Crippen LogP contribution is -2.38. The Labute approximate surface area is 138 Å². The second kappa shape index (κ2) is 7.35. The molecule has 0 unspecified atom stereocenters. The van der Waals surface area contributed by atoms with Gasteiger partial charge in [-0.05, 0) is 30.5 Å². The first kappa shape index (κ1) is 16.3. The molecular formula is C17H19FN4O2. The van der Waals surface area contributed by atoms with Crippen molar-refractivity contribution in [3.63, 3.8) is 0 Å². The maximum Gasteiger partial charge on any atom is 0.328 e. The molecule has 1 aliphatic heterocycles. The van der Waals surface area contributed by atoms with Crippen LogP contribution in [0.1, 0.15) is 18.5 Å². The molecule has 0 saturated carbocycles. The van der Waals surface area contributed by atoms with Crippen molar-refractivity contribution in [2.24, 2.45) is 0 Å². The van der Waals surface area contributed by atoms with Gasteiger partial charge in [-0.15, -0.1) is 0 Å². The summed E-state index contributed by atoms with van der Waals surface area (Å²) in [4.78, 5) is 32.0. The molecule has 7 heteroatoms. The van der Waals surface area contributed by atoms with Crippen molar-refractivity contribution in [3.05, 3.63) is 69.0 Å². The molecule has 0 amide bonds. The summed E-state index contributed by atoms with van der Waals surface area (Å²) < 4.78 is 14.1. The highest BCUT2D eigenvalue weighted by atomic mass is 19.1. The van der Waals surface area contributed by atoms with Gasteiger partial charge in [-0.1, -0.05) is 12.1 Å². The van der Waals surface area contributed by atoms with E-state index >= 15 is 0 Å². The molecule has 0 radical (unpaired) electrons. The molecule has 0 bridgehead atoms. The van der Waals surface area contributed by atoms with Crippen LogP contribution in [0.5, 0.6) is 0 Å². The van der Waals surface area contributed by atoms with Crippen molar-refractivity contribution < 1.29 is 4.39 Å². The molecule has 0 aliphatic carbocycles. The van der Waals surface area contributed by atoms with Crippen LogP contribution in [0.2, 0.25) is 0 Å². The Kier molecular flexibility index (Phi) is 5.00. The normalized spacial score (nSPS) is 15.3. The molecule has 6 nitrogen and oxygen atoms in total. The third-order valence-electron chi connectivity index (χ3n) is 4.16. The van der Waals surface area contributed by atoms with Crippen molar-refractivity contribution in [2.45, 2.75) is 19.4 Å². The SMILES string of the molecule is O=c1[nH]cc(F)c(=O)n1CCCN1CC=C(c2ccccn2)CC1. The number of aromatic amines is 1. The number of hydrogen-bond donors (Lipinski definition) is 1. The number of nitrogens with one attached hydrogen (secondary N) is 1. The van der Waals surface area contributed by atoms with Crippen molar-refractivity contribution >= 4 is 5.57 Å². The molecule has 2 aromatic rings. The summed E-state index contributed by atoms with van der Waals surface area (Å²) in [5.41, 5.74) is 0.812. The van der Waals surface area contributed by atoms with E-state index in [1.807, 2.05) is 18.2 Å². The van der Waals surface area contributed by atoms with E-state index in [0.29, 0.717) is 6.42 Å². The number of rotatable bonds is 5. The van der Waals surface area contributed by atoms with Crippen LogP contribution in [0.15, 0.2) is 46.3 Å². The van der Waals surface area contributed by atoms with Gasteiger partial charge in [0.15, 0.2) is 0 Å². The molecule has 3 rings (SSSR count). The Morgan fingerprint density at radius 3 is 2.83 bits per heavy atom. The van der Waals surface area contributed by atoms with Crippen LogP contribution < -0.4 is 11.2 Å². The smallest absolute Gasteiger partial charge is 0.311 e.